The number of sulfonamides is 2. The predicted octanol–water partition coefficient (Wildman–Crippen LogP) is 3.17. The third-order valence-corrected chi connectivity index (χ3v) is 10.0. The first-order chi connectivity index (χ1) is 19.7. The summed E-state index contributed by atoms with van der Waals surface area (Å²) in [6.07, 6.45) is 2.58. The second kappa shape index (κ2) is 14.6. The molecule has 0 fully saturated rings. The van der Waals surface area contributed by atoms with E-state index in [1.165, 1.54) is 34.5 Å². The van der Waals surface area contributed by atoms with E-state index >= 15 is 0 Å². The number of carbonyl (C=O) groups is 1. The maximum Gasteiger partial charge on any atom is 0.261 e. The Bertz CT molecular complexity index is 1400. The number of ether oxygens (including phenoxy) is 2. The van der Waals surface area contributed by atoms with Crippen LogP contribution in [0, 0.1) is 5.92 Å². The Kier molecular flexibility index (Phi) is 11.8. The van der Waals surface area contributed by atoms with Crippen LogP contribution in [0.5, 0.6) is 5.75 Å². The van der Waals surface area contributed by atoms with E-state index in [2.05, 4.69) is 4.72 Å². The van der Waals surface area contributed by atoms with Crippen molar-refractivity contribution < 1.29 is 36.2 Å². The lowest BCUT2D eigenvalue weighted by atomic mass is 10.0. The fourth-order valence-corrected chi connectivity index (χ4v) is 6.14. The maximum absolute atomic E-state index is 14.1. The van der Waals surface area contributed by atoms with E-state index in [1.807, 2.05) is 13.8 Å². The zero-order valence-electron chi connectivity index (χ0n) is 24.9. The summed E-state index contributed by atoms with van der Waals surface area (Å²) in [5, 5.41) is 10.1. The average Bonchev–Trinajstić information content (AvgIpc) is 2.94. The van der Waals surface area contributed by atoms with E-state index in [0.717, 1.165) is 19.1 Å². The molecule has 4 atom stereocenters. The zero-order chi connectivity index (χ0) is 31.1. The van der Waals surface area contributed by atoms with Gasteiger partial charge in [0.15, 0.2) is 0 Å². The van der Waals surface area contributed by atoms with E-state index in [0.29, 0.717) is 18.8 Å². The number of nitrogens with one attached hydrogen (secondary N) is 1. The van der Waals surface area contributed by atoms with Crippen LogP contribution >= 0.6 is 0 Å². The van der Waals surface area contributed by atoms with E-state index in [4.69, 9.17) is 9.47 Å². The number of nitrogens with zero attached hydrogens (tertiary/aromatic N) is 2. The highest BCUT2D eigenvalue weighted by Gasteiger charge is 2.31. The number of aliphatic hydroxyl groups is 1. The Morgan fingerprint density at radius 3 is 2.43 bits per heavy atom. The Balaban J connectivity index is 2.02. The number of amides is 1. The molecule has 2 aromatic carbocycles. The van der Waals surface area contributed by atoms with Gasteiger partial charge in [-0.25, -0.2) is 21.1 Å². The van der Waals surface area contributed by atoms with Crippen molar-refractivity contribution in [1.82, 2.24) is 9.21 Å². The van der Waals surface area contributed by atoms with Crippen molar-refractivity contribution >= 4 is 31.6 Å². The summed E-state index contributed by atoms with van der Waals surface area (Å²) in [5.41, 5.74) is 0.328. The average molecular weight is 626 g/mol. The van der Waals surface area contributed by atoms with Crippen molar-refractivity contribution in [2.24, 2.45) is 5.92 Å². The highest BCUT2D eigenvalue weighted by molar-refractivity contribution is 7.92. The summed E-state index contributed by atoms with van der Waals surface area (Å²) in [6, 6.07) is 11.9. The number of carbonyl (C=O) groups excluding carboxylic acids is 1. The highest BCUT2D eigenvalue weighted by atomic mass is 32.2. The molecule has 1 heterocycles. The van der Waals surface area contributed by atoms with Gasteiger partial charge in [-0.05, 0) is 63.4 Å². The molecule has 0 aliphatic carbocycles. The molecule has 0 spiro atoms. The van der Waals surface area contributed by atoms with Crippen molar-refractivity contribution in [3.63, 3.8) is 0 Å². The van der Waals surface area contributed by atoms with Gasteiger partial charge in [0.1, 0.15) is 5.75 Å². The van der Waals surface area contributed by atoms with Gasteiger partial charge >= 0.3 is 0 Å². The second-order valence-electron chi connectivity index (χ2n) is 11.0. The molecule has 0 bridgehead atoms. The Hall–Kier alpha value is -2.71. The number of aliphatic hydroxyl groups excluding tert-OH is 1. The number of fused-ring (bicyclic) bond motifs is 1. The molecule has 11 nitrogen and oxygen atoms in total. The van der Waals surface area contributed by atoms with Crippen LogP contribution in [0.2, 0.25) is 0 Å². The third kappa shape index (κ3) is 9.14. The van der Waals surface area contributed by atoms with Crippen LogP contribution in [0.15, 0.2) is 53.4 Å². The molecule has 0 radical (unpaired) electrons. The van der Waals surface area contributed by atoms with E-state index in [-0.39, 0.29) is 47.9 Å². The Morgan fingerprint density at radius 1 is 1.10 bits per heavy atom. The highest BCUT2D eigenvalue weighted by Crippen LogP contribution is 2.29. The number of rotatable bonds is 8. The van der Waals surface area contributed by atoms with Gasteiger partial charge in [0.25, 0.3) is 15.9 Å². The molecule has 234 valence electrons. The Labute approximate surface area is 249 Å². The van der Waals surface area contributed by atoms with Gasteiger partial charge < -0.3 is 19.5 Å². The van der Waals surface area contributed by atoms with Crippen molar-refractivity contribution in [2.45, 2.75) is 63.2 Å². The molecular weight excluding hydrogens is 582 g/mol. The number of hydrogen-bond donors (Lipinski definition) is 2. The normalized spacial score (nSPS) is 22.1. The molecule has 0 saturated heterocycles. The third-order valence-electron chi connectivity index (χ3n) is 7.36. The van der Waals surface area contributed by atoms with Crippen LogP contribution < -0.4 is 9.46 Å². The zero-order valence-corrected chi connectivity index (χ0v) is 26.5. The minimum atomic E-state index is -3.92. The van der Waals surface area contributed by atoms with Crippen LogP contribution in [0.4, 0.5) is 5.69 Å². The number of hydrogen-bond acceptors (Lipinski definition) is 8. The van der Waals surface area contributed by atoms with Crippen molar-refractivity contribution in [2.75, 3.05) is 44.3 Å². The maximum atomic E-state index is 14.1. The molecule has 0 aromatic heterocycles. The summed E-state index contributed by atoms with van der Waals surface area (Å²) in [4.78, 5) is 15.7. The van der Waals surface area contributed by atoms with E-state index in [9.17, 15) is 26.7 Å². The molecule has 3 rings (SSSR count). The quantitative estimate of drug-likeness (QED) is 0.456. The first kappa shape index (κ1) is 33.8. The summed E-state index contributed by atoms with van der Waals surface area (Å²) >= 11 is 0. The summed E-state index contributed by atoms with van der Waals surface area (Å²) < 4.78 is 66.4. The van der Waals surface area contributed by atoms with Gasteiger partial charge in [-0.2, -0.15) is 0 Å². The fourth-order valence-electron chi connectivity index (χ4n) is 4.65. The molecule has 0 saturated carbocycles. The summed E-state index contributed by atoms with van der Waals surface area (Å²) in [5.74, 6) is -0.462. The summed E-state index contributed by atoms with van der Waals surface area (Å²) in [6.45, 7) is 5.84. The SMILES string of the molecule is C[C@@H]1CN([C@H](C)CO)C(=O)c2cc(NS(=O)(=O)c3ccccc3)ccc2O[C@@H](C)CCCCO[C@@H]1CN(C)S(C)(=O)=O. The van der Waals surface area contributed by atoms with Gasteiger partial charge in [-0.1, -0.05) is 25.1 Å². The van der Waals surface area contributed by atoms with Crippen molar-refractivity contribution in [3.8, 4) is 5.75 Å². The molecule has 42 heavy (non-hydrogen) atoms. The number of benzene rings is 2. The van der Waals surface area contributed by atoms with Gasteiger partial charge in [0.2, 0.25) is 10.0 Å². The largest absolute Gasteiger partial charge is 0.490 e. The first-order valence-corrected chi connectivity index (χ1v) is 17.4. The van der Waals surface area contributed by atoms with E-state index in [1.54, 1.807) is 37.3 Å². The predicted molar refractivity (Wildman–Crippen MR) is 162 cm³/mol. The topological polar surface area (TPSA) is 143 Å². The van der Waals surface area contributed by atoms with E-state index < -0.39 is 38.1 Å². The molecule has 1 amide bonds. The van der Waals surface area contributed by atoms with Crippen LogP contribution in [-0.4, -0.2) is 94.9 Å². The smallest absolute Gasteiger partial charge is 0.261 e. The van der Waals surface area contributed by atoms with Crippen LogP contribution in [0.25, 0.3) is 0 Å². The standard InChI is InChI=1S/C29H43N3O8S2/c1-21-18-32(22(2)20-33)29(34)26-17-24(30-42(37,38)25-12-7-6-8-13-25)14-15-27(26)40-23(3)11-9-10-16-39-28(21)19-31(4)41(5,35)36/h6-8,12-15,17,21-23,28,30,33H,9-11,16,18-20H2,1-5H3/t21-,22-,23+,28-/m1/s1. The van der Waals surface area contributed by atoms with Crippen LogP contribution in [-0.2, 0) is 24.8 Å². The molecule has 0 unspecified atom stereocenters. The Morgan fingerprint density at radius 2 is 1.79 bits per heavy atom. The van der Waals surface area contributed by atoms with Gasteiger partial charge in [-0.3, -0.25) is 9.52 Å². The first-order valence-electron chi connectivity index (χ1n) is 14.1. The molecular formula is C29H43N3O8S2. The lowest BCUT2D eigenvalue weighted by Gasteiger charge is -2.35. The minimum Gasteiger partial charge on any atom is -0.490 e. The molecule has 2 N–H and O–H groups in total. The van der Waals surface area contributed by atoms with Gasteiger partial charge in [0.05, 0.1) is 41.6 Å². The lowest BCUT2D eigenvalue weighted by molar-refractivity contribution is -0.00828. The number of anilines is 1. The van der Waals surface area contributed by atoms with Crippen molar-refractivity contribution in [1.29, 1.82) is 0 Å². The van der Waals surface area contributed by atoms with Crippen LogP contribution in [0.3, 0.4) is 0 Å². The fraction of sp³-hybridized carbons (Fsp3) is 0.552. The van der Waals surface area contributed by atoms with Gasteiger partial charge in [-0.15, -0.1) is 0 Å². The van der Waals surface area contributed by atoms with Gasteiger partial charge in [0, 0.05) is 38.3 Å². The molecule has 13 heteroatoms. The minimum absolute atomic E-state index is 0.0794. The number of likely N-dealkylation sites (N-methyl/N-ethyl adjacent to an activating group) is 1. The monoisotopic (exact) mass is 625 g/mol. The molecule has 2 aromatic rings. The lowest BCUT2D eigenvalue weighted by Crippen LogP contribution is -2.47. The molecule has 1 aliphatic rings. The summed E-state index contributed by atoms with van der Waals surface area (Å²) in [7, 11) is -5.89. The van der Waals surface area contributed by atoms with Crippen LogP contribution in [0.1, 0.15) is 50.4 Å². The molecule has 1 aliphatic heterocycles. The van der Waals surface area contributed by atoms with Crippen molar-refractivity contribution in [3.05, 3.63) is 54.1 Å². The second-order valence-corrected chi connectivity index (χ2v) is 14.7.